The minimum absolute atomic E-state index is 0.271. The van der Waals surface area contributed by atoms with Crippen LogP contribution < -0.4 is 10.6 Å². The van der Waals surface area contributed by atoms with Crippen LogP contribution in [0.1, 0.15) is 12.8 Å². The number of benzene rings is 1. The highest BCUT2D eigenvalue weighted by molar-refractivity contribution is 5.69. The van der Waals surface area contributed by atoms with Crippen molar-refractivity contribution >= 4 is 11.4 Å². The van der Waals surface area contributed by atoms with Gasteiger partial charge in [-0.1, -0.05) is 0 Å². The lowest BCUT2D eigenvalue weighted by atomic mass is 9.73. The molecule has 0 amide bonds. The Morgan fingerprint density at radius 1 is 1.24 bits per heavy atom. The van der Waals surface area contributed by atoms with Crippen molar-refractivity contribution in [2.45, 2.75) is 12.8 Å². The van der Waals surface area contributed by atoms with Crippen LogP contribution in [-0.2, 0) is 4.74 Å². The molecule has 0 bridgehead atoms. The van der Waals surface area contributed by atoms with E-state index in [-0.39, 0.29) is 5.82 Å². The molecule has 17 heavy (non-hydrogen) atoms. The first kappa shape index (κ1) is 10.8. The van der Waals surface area contributed by atoms with Crippen LogP contribution in [0.25, 0.3) is 0 Å². The standard InChI is InChI=1S/C13H17FN2O/c14-10-1-2-12(11(15)7-10)16-8-13(9-16)3-5-17-6-4-13/h1-2,7H,3-6,8-9,15H2. The van der Waals surface area contributed by atoms with Crippen LogP contribution in [0, 0.1) is 11.2 Å². The monoisotopic (exact) mass is 236 g/mol. The van der Waals surface area contributed by atoms with Crippen LogP contribution in [-0.4, -0.2) is 26.3 Å². The summed E-state index contributed by atoms with van der Waals surface area (Å²) in [5.41, 5.74) is 7.75. The fourth-order valence-electron chi connectivity index (χ4n) is 2.87. The summed E-state index contributed by atoms with van der Waals surface area (Å²) in [5, 5.41) is 0. The van der Waals surface area contributed by atoms with Gasteiger partial charge in [0.1, 0.15) is 5.82 Å². The van der Waals surface area contributed by atoms with Gasteiger partial charge >= 0.3 is 0 Å². The zero-order chi connectivity index (χ0) is 11.9. The Kier molecular flexibility index (Phi) is 2.47. The molecular weight excluding hydrogens is 219 g/mol. The molecular formula is C13H17FN2O. The van der Waals surface area contributed by atoms with Crippen LogP contribution in [0.15, 0.2) is 18.2 Å². The van der Waals surface area contributed by atoms with Gasteiger partial charge in [-0.15, -0.1) is 0 Å². The molecule has 2 fully saturated rings. The zero-order valence-electron chi connectivity index (χ0n) is 9.79. The average Bonchev–Trinajstić information content (AvgIpc) is 2.27. The lowest BCUT2D eigenvalue weighted by Crippen LogP contribution is -2.58. The maximum atomic E-state index is 13.0. The van der Waals surface area contributed by atoms with E-state index in [2.05, 4.69) is 4.90 Å². The number of hydrogen-bond donors (Lipinski definition) is 1. The first-order chi connectivity index (χ1) is 8.19. The average molecular weight is 236 g/mol. The Morgan fingerprint density at radius 2 is 1.94 bits per heavy atom. The summed E-state index contributed by atoms with van der Waals surface area (Å²) in [6, 6.07) is 4.64. The van der Waals surface area contributed by atoms with Gasteiger partial charge in [-0.25, -0.2) is 4.39 Å². The van der Waals surface area contributed by atoms with Gasteiger partial charge in [0.2, 0.25) is 0 Å². The predicted molar refractivity (Wildman–Crippen MR) is 65.5 cm³/mol. The van der Waals surface area contributed by atoms with E-state index >= 15 is 0 Å². The van der Waals surface area contributed by atoms with E-state index in [9.17, 15) is 4.39 Å². The van der Waals surface area contributed by atoms with Gasteiger partial charge in [-0.3, -0.25) is 0 Å². The number of nitrogens with two attached hydrogens (primary N) is 1. The van der Waals surface area contributed by atoms with Crippen LogP contribution in [0.4, 0.5) is 15.8 Å². The summed E-state index contributed by atoms with van der Waals surface area (Å²) in [4.78, 5) is 2.24. The first-order valence-electron chi connectivity index (χ1n) is 6.06. The van der Waals surface area contributed by atoms with Crippen molar-refractivity contribution in [2.24, 2.45) is 5.41 Å². The van der Waals surface area contributed by atoms with E-state index in [4.69, 9.17) is 10.5 Å². The van der Waals surface area contributed by atoms with Gasteiger partial charge < -0.3 is 15.4 Å². The molecule has 2 aliphatic rings. The van der Waals surface area contributed by atoms with Crippen molar-refractivity contribution in [3.63, 3.8) is 0 Å². The number of anilines is 2. The number of ether oxygens (including phenoxy) is 1. The molecule has 92 valence electrons. The van der Waals surface area contributed by atoms with Crippen LogP contribution in [0.5, 0.6) is 0 Å². The topological polar surface area (TPSA) is 38.5 Å². The summed E-state index contributed by atoms with van der Waals surface area (Å²) in [6.45, 7) is 3.78. The third-order valence-corrected chi connectivity index (χ3v) is 3.94. The highest BCUT2D eigenvalue weighted by atomic mass is 19.1. The second kappa shape index (κ2) is 3.88. The maximum absolute atomic E-state index is 13.0. The van der Waals surface area contributed by atoms with E-state index in [1.54, 1.807) is 6.07 Å². The van der Waals surface area contributed by atoms with Crippen LogP contribution in [0.2, 0.25) is 0 Å². The molecule has 3 nitrogen and oxygen atoms in total. The Balaban J connectivity index is 1.72. The second-order valence-corrected chi connectivity index (χ2v) is 5.17. The number of nitrogen functional groups attached to an aromatic ring is 1. The molecule has 0 aromatic heterocycles. The van der Waals surface area contributed by atoms with Gasteiger partial charge in [0.15, 0.2) is 0 Å². The number of halogens is 1. The highest BCUT2D eigenvalue weighted by Crippen LogP contribution is 2.43. The van der Waals surface area contributed by atoms with Crippen molar-refractivity contribution < 1.29 is 9.13 Å². The van der Waals surface area contributed by atoms with E-state index in [0.29, 0.717) is 11.1 Å². The zero-order valence-corrected chi connectivity index (χ0v) is 9.79. The third kappa shape index (κ3) is 1.86. The molecule has 0 aliphatic carbocycles. The number of nitrogens with zero attached hydrogens (tertiary/aromatic N) is 1. The lowest BCUT2D eigenvalue weighted by Gasteiger charge is -2.53. The van der Waals surface area contributed by atoms with E-state index < -0.39 is 0 Å². The van der Waals surface area contributed by atoms with Crippen molar-refractivity contribution in [3.8, 4) is 0 Å². The summed E-state index contributed by atoms with van der Waals surface area (Å²) >= 11 is 0. The lowest BCUT2D eigenvalue weighted by molar-refractivity contribution is -0.000144. The molecule has 0 unspecified atom stereocenters. The third-order valence-electron chi connectivity index (χ3n) is 3.94. The molecule has 2 aliphatic heterocycles. The Morgan fingerprint density at radius 3 is 2.59 bits per heavy atom. The Bertz CT molecular complexity index is 421. The molecule has 2 N–H and O–H groups in total. The molecule has 3 rings (SSSR count). The molecule has 1 spiro atoms. The van der Waals surface area contributed by atoms with Crippen molar-refractivity contribution in [1.29, 1.82) is 0 Å². The van der Waals surface area contributed by atoms with Gasteiger partial charge in [-0.05, 0) is 31.0 Å². The smallest absolute Gasteiger partial charge is 0.125 e. The fraction of sp³-hybridized carbons (Fsp3) is 0.538. The molecule has 0 saturated carbocycles. The molecule has 1 aromatic rings. The largest absolute Gasteiger partial charge is 0.397 e. The number of rotatable bonds is 1. The Hall–Kier alpha value is -1.29. The molecule has 2 saturated heterocycles. The maximum Gasteiger partial charge on any atom is 0.125 e. The predicted octanol–water partition coefficient (Wildman–Crippen LogP) is 2.02. The molecule has 4 heteroatoms. The summed E-state index contributed by atoms with van der Waals surface area (Å²) < 4.78 is 18.4. The summed E-state index contributed by atoms with van der Waals surface area (Å²) in [6.07, 6.45) is 2.26. The molecule has 1 aromatic carbocycles. The van der Waals surface area contributed by atoms with E-state index in [1.807, 2.05) is 0 Å². The van der Waals surface area contributed by atoms with Crippen molar-refractivity contribution in [1.82, 2.24) is 0 Å². The van der Waals surface area contributed by atoms with Gasteiger partial charge in [0.05, 0.1) is 11.4 Å². The van der Waals surface area contributed by atoms with Gasteiger partial charge in [0, 0.05) is 31.7 Å². The molecule has 0 radical (unpaired) electrons. The van der Waals surface area contributed by atoms with Gasteiger partial charge in [-0.2, -0.15) is 0 Å². The molecule has 2 heterocycles. The quantitative estimate of drug-likeness (QED) is 0.758. The van der Waals surface area contributed by atoms with Gasteiger partial charge in [0.25, 0.3) is 0 Å². The van der Waals surface area contributed by atoms with E-state index in [0.717, 1.165) is 44.8 Å². The highest BCUT2D eigenvalue weighted by Gasteiger charge is 2.44. The Labute approximate surface area is 100 Å². The van der Waals surface area contributed by atoms with Crippen molar-refractivity contribution in [3.05, 3.63) is 24.0 Å². The normalized spacial score (nSPS) is 22.5. The SMILES string of the molecule is Nc1cc(F)ccc1N1CC2(CCOCC2)C1. The summed E-state index contributed by atoms with van der Waals surface area (Å²) in [5.74, 6) is -0.271. The number of hydrogen-bond acceptors (Lipinski definition) is 3. The fourth-order valence-corrected chi connectivity index (χ4v) is 2.87. The second-order valence-electron chi connectivity index (χ2n) is 5.17. The summed E-state index contributed by atoms with van der Waals surface area (Å²) in [7, 11) is 0. The molecule has 0 atom stereocenters. The van der Waals surface area contributed by atoms with E-state index in [1.165, 1.54) is 12.1 Å². The van der Waals surface area contributed by atoms with Crippen molar-refractivity contribution in [2.75, 3.05) is 36.9 Å². The minimum atomic E-state index is -0.271. The van der Waals surface area contributed by atoms with Crippen LogP contribution in [0.3, 0.4) is 0 Å². The first-order valence-corrected chi connectivity index (χ1v) is 6.06. The van der Waals surface area contributed by atoms with Crippen LogP contribution >= 0.6 is 0 Å². The minimum Gasteiger partial charge on any atom is -0.397 e.